The van der Waals surface area contributed by atoms with Gasteiger partial charge in [-0.25, -0.2) is 0 Å². The molecule has 1 saturated carbocycles. The molecule has 12 heteroatoms. The number of hydrogen-bond acceptors (Lipinski definition) is 8. The number of likely N-dealkylation sites (tertiary alicyclic amines) is 1. The summed E-state index contributed by atoms with van der Waals surface area (Å²) < 4.78 is 0. The van der Waals surface area contributed by atoms with Crippen LogP contribution in [-0.2, 0) is 10.2 Å². The van der Waals surface area contributed by atoms with Crippen molar-refractivity contribution in [2.45, 2.75) is 49.7 Å². The third-order valence-electron chi connectivity index (χ3n) is 7.81. The Morgan fingerprint density at radius 2 is 1.67 bits per heavy atom. The Bertz CT molecular complexity index is 1360. The van der Waals surface area contributed by atoms with E-state index in [0.29, 0.717) is 29.3 Å². The van der Waals surface area contributed by atoms with Gasteiger partial charge in [0.05, 0.1) is 18.0 Å². The first-order valence-electron chi connectivity index (χ1n) is 12.7. The van der Waals surface area contributed by atoms with Crippen molar-refractivity contribution in [3.63, 3.8) is 0 Å². The third-order valence-corrected chi connectivity index (χ3v) is 7.81. The van der Waals surface area contributed by atoms with E-state index in [9.17, 15) is 19.6 Å². The molecule has 0 spiro atoms. The largest absolute Gasteiger partial charge is 0.366 e. The number of nitrogens with one attached hydrogen (secondary N) is 2. The van der Waals surface area contributed by atoms with Crippen LogP contribution < -0.4 is 16.8 Å². The van der Waals surface area contributed by atoms with Gasteiger partial charge >= 0.3 is 0 Å². The minimum absolute atomic E-state index is 0.0755. The second-order valence-corrected chi connectivity index (χ2v) is 10.3. The molecule has 0 radical (unpaired) electrons. The second kappa shape index (κ2) is 10.3. The molecule has 200 valence electrons. The number of aromatic nitrogens is 4. The van der Waals surface area contributed by atoms with Crippen molar-refractivity contribution in [2.24, 2.45) is 17.4 Å². The molecule has 2 aliphatic rings. The fraction of sp³-hybridized carbons (Fsp3) is 0.370. The van der Waals surface area contributed by atoms with Crippen molar-refractivity contribution in [2.75, 3.05) is 6.54 Å². The zero-order valence-electron chi connectivity index (χ0n) is 21.4. The highest BCUT2D eigenvalue weighted by atomic mass is 16.2. The quantitative estimate of drug-likeness (QED) is 0.294. The highest BCUT2D eigenvalue weighted by Gasteiger charge is 2.54. The van der Waals surface area contributed by atoms with Crippen molar-refractivity contribution in [1.82, 2.24) is 30.8 Å². The maximum absolute atomic E-state index is 13.1. The minimum atomic E-state index is -0.987. The van der Waals surface area contributed by atoms with Gasteiger partial charge in [0.1, 0.15) is 6.04 Å². The van der Waals surface area contributed by atoms with E-state index in [4.69, 9.17) is 11.5 Å². The average molecular weight is 528 g/mol. The topological polar surface area (TPSA) is 197 Å². The molecule has 1 aliphatic carbocycles. The average Bonchev–Trinajstić information content (AvgIpc) is 3.31. The number of piperidine rings is 1. The van der Waals surface area contributed by atoms with Crippen LogP contribution in [0, 0.1) is 17.2 Å². The number of primary amides is 2. The lowest BCUT2D eigenvalue weighted by Crippen LogP contribution is -2.46. The van der Waals surface area contributed by atoms with E-state index in [0.717, 1.165) is 24.0 Å². The van der Waals surface area contributed by atoms with E-state index in [1.54, 1.807) is 53.4 Å². The Labute approximate surface area is 224 Å². The molecule has 1 aliphatic heterocycles. The number of nitrogens with two attached hydrogens (primary N) is 2. The smallest absolute Gasteiger partial charge is 0.248 e. The van der Waals surface area contributed by atoms with Crippen molar-refractivity contribution < 1.29 is 14.4 Å². The van der Waals surface area contributed by atoms with Crippen molar-refractivity contribution >= 4 is 17.7 Å². The van der Waals surface area contributed by atoms with Crippen molar-refractivity contribution in [1.29, 1.82) is 5.26 Å². The number of nitriles is 1. The van der Waals surface area contributed by atoms with Gasteiger partial charge in [-0.1, -0.05) is 29.5 Å². The van der Waals surface area contributed by atoms with Crippen LogP contribution in [0.3, 0.4) is 0 Å². The van der Waals surface area contributed by atoms with Crippen LogP contribution in [0.15, 0.2) is 48.5 Å². The molecule has 1 saturated heterocycles. The molecule has 2 aromatic carbocycles. The lowest BCUT2D eigenvalue weighted by atomic mass is 9.69. The first-order chi connectivity index (χ1) is 18.7. The van der Waals surface area contributed by atoms with Crippen LogP contribution in [0.4, 0.5) is 0 Å². The number of aromatic amines is 1. The Morgan fingerprint density at radius 1 is 1.08 bits per heavy atom. The van der Waals surface area contributed by atoms with E-state index in [1.807, 2.05) is 6.92 Å². The minimum Gasteiger partial charge on any atom is -0.366 e. The molecule has 0 unspecified atom stereocenters. The van der Waals surface area contributed by atoms with Gasteiger partial charge in [-0.3, -0.25) is 14.4 Å². The number of carbonyl (C=O) groups is 3. The highest BCUT2D eigenvalue weighted by Crippen LogP contribution is 2.47. The van der Waals surface area contributed by atoms with Gasteiger partial charge in [-0.05, 0) is 67.5 Å². The number of hydrogen-bond donors (Lipinski definition) is 4. The monoisotopic (exact) mass is 527 g/mol. The van der Waals surface area contributed by atoms with E-state index in [1.165, 1.54) is 0 Å². The summed E-state index contributed by atoms with van der Waals surface area (Å²) in [6.45, 7) is 2.02. The summed E-state index contributed by atoms with van der Waals surface area (Å²) in [7, 11) is 0. The Morgan fingerprint density at radius 3 is 2.15 bits per heavy atom. The second-order valence-electron chi connectivity index (χ2n) is 10.3. The predicted octanol–water partition coefficient (Wildman–Crippen LogP) is 0.613. The lowest BCUT2D eigenvalue weighted by molar-refractivity contribution is -0.131. The van der Waals surface area contributed by atoms with Gasteiger partial charge in [0.25, 0.3) is 0 Å². The summed E-state index contributed by atoms with van der Waals surface area (Å²) in [5.74, 6) is -0.400. The molecule has 3 amide bonds. The number of benzene rings is 2. The van der Waals surface area contributed by atoms with E-state index in [-0.39, 0.29) is 30.6 Å². The summed E-state index contributed by atoms with van der Waals surface area (Å²) in [6.07, 6.45) is 2.09. The fourth-order valence-electron chi connectivity index (χ4n) is 5.75. The zero-order chi connectivity index (χ0) is 27.7. The first-order valence-corrected chi connectivity index (χ1v) is 12.7. The molecule has 3 aromatic rings. The maximum Gasteiger partial charge on any atom is 0.248 e. The number of H-pyrrole nitrogens is 1. The molecule has 6 N–H and O–H groups in total. The summed E-state index contributed by atoms with van der Waals surface area (Å²) in [5, 5.41) is 27.8. The summed E-state index contributed by atoms with van der Waals surface area (Å²) in [5.41, 5.74) is 12.1. The van der Waals surface area contributed by atoms with Crippen molar-refractivity contribution in [3.8, 4) is 6.07 Å². The molecular formula is C27H29N9O3. The fourth-order valence-corrected chi connectivity index (χ4v) is 5.75. The normalized spacial score (nSPS) is 20.6. The number of fused-ring (bicyclic) bond motifs is 1. The molecule has 2 fully saturated rings. The molecule has 2 heterocycles. The number of nitrogens with zero attached hydrogens (tertiary/aromatic N) is 5. The van der Waals surface area contributed by atoms with E-state index < -0.39 is 17.2 Å². The van der Waals surface area contributed by atoms with Crippen LogP contribution in [-0.4, -0.2) is 67.9 Å². The van der Waals surface area contributed by atoms with Gasteiger partial charge in [0, 0.05) is 23.2 Å². The van der Waals surface area contributed by atoms with Gasteiger partial charge in [0.15, 0.2) is 5.82 Å². The number of rotatable bonds is 10. The molecule has 5 rings (SSSR count). The standard InChI is InChI=1S/C27H29N9O3/c1-15(31-14-23(37)36-21(13-28)10-18-11-22(18)36)12-27(26-32-34-35-33-26,19-6-2-16(3-7-19)24(29)38)20-8-4-17(5-9-20)25(30)39/h2-9,15,18,21-22,31H,10-12,14H2,1H3,(H2,29,38)(H2,30,39)(H,32,33,34,35)/t15-,18-,21+,22+/m1/s1. The molecule has 4 atom stereocenters. The third kappa shape index (κ3) is 4.84. The molecule has 1 aromatic heterocycles. The van der Waals surface area contributed by atoms with Crippen LogP contribution in [0.2, 0.25) is 0 Å². The summed E-state index contributed by atoms with van der Waals surface area (Å²) in [4.78, 5) is 38.3. The Balaban J connectivity index is 1.48. The maximum atomic E-state index is 13.1. The van der Waals surface area contributed by atoms with Crippen LogP contribution in [0.25, 0.3) is 0 Å². The van der Waals surface area contributed by atoms with Crippen molar-refractivity contribution in [3.05, 3.63) is 76.6 Å². The highest BCUT2D eigenvalue weighted by molar-refractivity contribution is 5.93. The molecule has 12 nitrogen and oxygen atoms in total. The van der Waals surface area contributed by atoms with Gasteiger partial charge in [-0.15, -0.1) is 10.2 Å². The predicted molar refractivity (Wildman–Crippen MR) is 139 cm³/mol. The first kappa shape index (κ1) is 26.0. The van der Waals surface area contributed by atoms with Gasteiger partial charge in [-0.2, -0.15) is 10.5 Å². The van der Waals surface area contributed by atoms with Gasteiger partial charge < -0.3 is 21.7 Å². The lowest BCUT2D eigenvalue weighted by Gasteiger charge is -2.35. The molecular weight excluding hydrogens is 498 g/mol. The number of carbonyl (C=O) groups excluding carboxylic acids is 3. The molecule has 0 bridgehead atoms. The van der Waals surface area contributed by atoms with Gasteiger partial charge in [0.2, 0.25) is 17.7 Å². The van der Waals surface area contributed by atoms with E-state index >= 15 is 0 Å². The Hall–Kier alpha value is -4.63. The number of tetrazole rings is 1. The van der Waals surface area contributed by atoms with E-state index in [2.05, 4.69) is 32.0 Å². The van der Waals surface area contributed by atoms with Crippen LogP contribution >= 0.6 is 0 Å². The number of amides is 3. The SMILES string of the molecule is C[C@H](CC(c1ccc(C(N)=O)cc1)(c1ccc(C(N)=O)cc1)c1nn[nH]n1)NCC(=O)N1[C@H](C#N)C[C@@H]2C[C@@H]21. The zero-order valence-corrected chi connectivity index (χ0v) is 21.4. The molecule has 39 heavy (non-hydrogen) atoms. The van der Waals surface area contributed by atoms with Crippen LogP contribution in [0.5, 0.6) is 0 Å². The summed E-state index contributed by atoms with van der Waals surface area (Å²) >= 11 is 0. The summed E-state index contributed by atoms with van der Waals surface area (Å²) in [6, 6.07) is 15.5. The Kier molecular flexibility index (Phi) is 6.84. The van der Waals surface area contributed by atoms with Crippen LogP contribution in [0.1, 0.15) is 63.9 Å².